The fraction of sp³-hybridized carbons (Fsp3) is 0.810. The van der Waals surface area contributed by atoms with Gasteiger partial charge in [0.1, 0.15) is 5.78 Å². The predicted molar refractivity (Wildman–Crippen MR) is 92.2 cm³/mol. The molecule has 0 aromatic heterocycles. The van der Waals surface area contributed by atoms with E-state index in [1.165, 1.54) is 19.1 Å². The highest BCUT2D eigenvalue weighted by Crippen LogP contribution is 2.66. The number of fused-ring (bicyclic) bond motifs is 5. The van der Waals surface area contributed by atoms with Gasteiger partial charge in [0.05, 0.1) is 13.0 Å². The minimum Gasteiger partial charge on any atom is -0.469 e. The Morgan fingerprint density at radius 1 is 1.17 bits per heavy atom. The number of allylic oxidation sites excluding steroid dienone is 2. The summed E-state index contributed by atoms with van der Waals surface area (Å²) in [6, 6.07) is 0. The number of Topliss-reactive ketones (excluding diaryl/α,β-unsaturated/α-hetero) is 1. The number of esters is 1. The second-order valence-corrected chi connectivity index (χ2v) is 9.17. The van der Waals surface area contributed by atoms with Crippen LogP contribution in [0.15, 0.2) is 11.6 Å². The van der Waals surface area contributed by atoms with Gasteiger partial charge in [0.2, 0.25) is 0 Å². The zero-order valence-electron chi connectivity index (χ0n) is 15.3. The molecule has 4 aliphatic rings. The molecule has 0 saturated heterocycles. The van der Waals surface area contributed by atoms with Crippen molar-refractivity contribution in [3.05, 3.63) is 11.6 Å². The lowest BCUT2D eigenvalue weighted by Crippen LogP contribution is -2.50. The molecule has 4 aliphatic carbocycles. The summed E-state index contributed by atoms with van der Waals surface area (Å²) in [5.41, 5.74) is 1.76. The fourth-order valence-corrected chi connectivity index (χ4v) is 7.01. The second kappa shape index (κ2) is 5.44. The average Bonchev–Trinajstić information content (AvgIpc) is 2.92. The van der Waals surface area contributed by atoms with Gasteiger partial charge in [-0.2, -0.15) is 0 Å². The monoisotopic (exact) mass is 330 g/mol. The maximum Gasteiger partial charge on any atom is 0.309 e. The van der Waals surface area contributed by atoms with Crippen LogP contribution in [0, 0.1) is 34.5 Å². The van der Waals surface area contributed by atoms with Gasteiger partial charge in [-0.3, -0.25) is 9.59 Å². The van der Waals surface area contributed by atoms with Crippen LogP contribution in [0.4, 0.5) is 0 Å². The molecule has 0 spiro atoms. The highest BCUT2D eigenvalue weighted by Gasteiger charge is 2.60. The molecule has 0 aromatic carbocycles. The molecule has 4 rings (SSSR count). The molecule has 0 N–H and O–H groups in total. The molecule has 3 fully saturated rings. The summed E-state index contributed by atoms with van der Waals surface area (Å²) in [6.07, 6.45) is 10.5. The Kier molecular flexibility index (Phi) is 3.71. The van der Waals surface area contributed by atoms with E-state index < -0.39 is 0 Å². The van der Waals surface area contributed by atoms with Crippen molar-refractivity contribution < 1.29 is 14.3 Å². The van der Waals surface area contributed by atoms with E-state index >= 15 is 0 Å². The van der Waals surface area contributed by atoms with Crippen LogP contribution in [-0.4, -0.2) is 18.9 Å². The highest BCUT2D eigenvalue weighted by molar-refractivity contribution is 5.82. The van der Waals surface area contributed by atoms with Crippen LogP contribution >= 0.6 is 0 Å². The summed E-state index contributed by atoms with van der Waals surface area (Å²) in [5, 5.41) is 0. The van der Waals surface area contributed by atoms with Crippen molar-refractivity contribution in [2.75, 3.05) is 7.11 Å². The Balaban J connectivity index is 1.65. The largest absolute Gasteiger partial charge is 0.469 e. The van der Waals surface area contributed by atoms with Gasteiger partial charge in [-0.15, -0.1) is 0 Å². The Morgan fingerprint density at radius 3 is 2.71 bits per heavy atom. The lowest BCUT2D eigenvalue weighted by molar-refractivity contribution is -0.152. The normalized spacial score (nSPS) is 47.3. The van der Waals surface area contributed by atoms with Crippen molar-refractivity contribution in [1.82, 2.24) is 0 Å². The van der Waals surface area contributed by atoms with Crippen LogP contribution in [-0.2, 0) is 14.3 Å². The third-order valence-electron chi connectivity index (χ3n) is 8.42. The Hall–Kier alpha value is -1.12. The van der Waals surface area contributed by atoms with Gasteiger partial charge in [0.15, 0.2) is 0 Å². The smallest absolute Gasteiger partial charge is 0.309 e. The minimum absolute atomic E-state index is 0.0000321. The van der Waals surface area contributed by atoms with Crippen molar-refractivity contribution in [2.24, 2.45) is 34.5 Å². The standard InChI is InChI=1S/C21H30O3/c1-20-10-8-14(22)12-13(20)4-5-15-16-6-7-18(19(23)24-3)21(16,2)11-9-17(15)20/h4,15-18H,5-12H2,1-3H3/t15-,16-,17-,18+,20-,21-/m0/s1. The molecule has 0 unspecified atom stereocenters. The van der Waals surface area contributed by atoms with Crippen molar-refractivity contribution in [2.45, 2.75) is 65.2 Å². The number of methoxy groups -OCH3 is 1. The second-order valence-electron chi connectivity index (χ2n) is 9.17. The number of rotatable bonds is 1. The first-order chi connectivity index (χ1) is 11.4. The van der Waals surface area contributed by atoms with Gasteiger partial charge >= 0.3 is 5.97 Å². The summed E-state index contributed by atoms with van der Waals surface area (Å²) in [5.74, 6) is 2.51. The predicted octanol–water partition coefficient (Wildman–Crippen LogP) is 4.31. The topological polar surface area (TPSA) is 43.4 Å². The van der Waals surface area contributed by atoms with Crippen LogP contribution in [0.25, 0.3) is 0 Å². The summed E-state index contributed by atoms with van der Waals surface area (Å²) >= 11 is 0. The van der Waals surface area contributed by atoms with E-state index in [-0.39, 0.29) is 22.7 Å². The molecule has 0 aromatic rings. The SMILES string of the molecule is COC(=O)[C@H]1CC[C@H]2[C@@H]3CC=C4CC(=O)CC[C@]4(C)[C@H]3CC[C@]12C. The summed E-state index contributed by atoms with van der Waals surface area (Å²) < 4.78 is 5.11. The molecular formula is C21H30O3. The number of carbonyl (C=O) groups is 2. The molecule has 6 atom stereocenters. The molecule has 24 heavy (non-hydrogen) atoms. The van der Waals surface area contributed by atoms with Gasteiger partial charge in [0, 0.05) is 12.8 Å². The zero-order chi connectivity index (χ0) is 17.1. The van der Waals surface area contributed by atoms with Crippen LogP contribution in [0.1, 0.15) is 65.2 Å². The van der Waals surface area contributed by atoms with Crippen LogP contribution in [0.5, 0.6) is 0 Å². The lowest BCUT2D eigenvalue weighted by Gasteiger charge is -2.57. The first kappa shape index (κ1) is 16.4. The van der Waals surface area contributed by atoms with Gasteiger partial charge in [-0.05, 0) is 67.1 Å². The number of hydrogen-bond acceptors (Lipinski definition) is 3. The first-order valence-corrected chi connectivity index (χ1v) is 9.69. The van der Waals surface area contributed by atoms with Crippen LogP contribution in [0.3, 0.4) is 0 Å². The molecule has 0 amide bonds. The Labute approximate surface area is 145 Å². The Morgan fingerprint density at radius 2 is 1.96 bits per heavy atom. The number of carbonyl (C=O) groups excluding carboxylic acids is 2. The number of hydrogen-bond donors (Lipinski definition) is 0. The highest BCUT2D eigenvalue weighted by atomic mass is 16.5. The van der Waals surface area contributed by atoms with Gasteiger partial charge in [-0.25, -0.2) is 0 Å². The van der Waals surface area contributed by atoms with Crippen molar-refractivity contribution >= 4 is 11.8 Å². The Bertz CT molecular complexity index is 606. The van der Waals surface area contributed by atoms with E-state index in [0.29, 0.717) is 30.0 Å². The third-order valence-corrected chi connectivity index (χ3v) is 8.42. The summed E-state index contributed by atoms with van der Waals surface area (Å²) in [4.78, 5) is 24.2. The third kappa shape index (κ3) is 2.09. The molecule has 0 heterocycles. The van der Waals surface area contributed by atoms with Crippen molar-refractivity contribution in [3.8, 4) is 0 Å². The van der Waals surface area contributed by atoms with E-state index in [0.717, 1.165) is 38.5 Å². The van der Waals surface area contributed by atoms with Crippen molar-refractivity contribution in [1.29, 1.82) is 0 Å². The van der Waals surface area contributed by atoms with Gasteiger partial charge in [-0.1, -0.05) is 25.5 Å². The lowest BCUT2D eigenvalue weighted by atomic mass is 9.47. The number of ketones is 1. The van der Waals surface area contributed by atoms with Crippen LogP contribution in [0.2, 0.25) is 0 Å². The van der Waals surface area contributed by atoms with Gasteiger partial charge < -0.3 is 4.74 Å². The van der Waals surface area contributed by atoms with E-state index in [9.17, 15) is 9.59 Å². The van der Waals surface area contributed by atoms with E-state index in [4.69, 9.17) is 4.74 Å². The molecular weight excluding hydrogens is 300 g/mol. The summed E-state index contributed by atoms with van der Waals surface area (Å²) in [7, 11) is 1.53. The first-order valence-electron chi connectivity index (χ1n) is 9.69. The van der Waals surface area contributed by atoms with E-state index in [1.807, 2.05) is 0 Å². The quantitative estimate of drug-likeness (QED) is 0.531. The minimum atomic E-state index is -0.0000321. The maximum atomic E-state index is 12.3. The maximum absolute atomic E-state index is 12.3. The summed E-state index contributed by atoms with van der Waals surface area (Å²) in [6.45, 7) is 4.76. The zero-order valence-corrected chi connectivity index (χ0v) is 15.3. The molecule has 3 saturated carbocycles. The van der Waals surface area contributed by atoms with E-state index in [1.54, 1.807) is 0 Å². The molecule has 0 aliphatic heterocycles. The molecule has 132 valence electrons. The van der Waals surface area contributed by atoms with Gasteiger partial charge in [0.25, 0.3) is 0 Å². The van der Waals surface area contributed by atoms with E-state index in [2.05, 4.69) is 19.9 Å². The fourth-order valence-electron chi connectivity index (χ4n) is 7.01. The molecule has 3 nitrogen and oxygen atoms in total. The van der Waals surface area contributed by atoms with Crippen molar-refractivity contribution in [3.63, 3.8) is 0 Å². The molecule has 0 radical (unpaired) electrons. The van der Waals surface area contributed by atoms with Crippen LogP contribution < -0.4 is 0 Å². The average molecular weight is 330 g/mol. The molecule has 3 heteroatoms. The number of ether oxygens (including phenoxy) is 1. The molecule has 0 bridgehead atoms.